The number of aliphatic hydroxyl groups is 1. The van der Waals surface area contributed by atoms with E-state index in [2.05, 4.69) is 0 Å². The number of nitrogens with zero attached hydrogens (tertiary/aromatic N) is 1. The Balaban J connectivity index is 2.27. The van der Waals surface area contributed by atoms with Gasteiger partial charge in [-0.05, 0) is 5.92 Å². The van der Waals surface area contributed by atoms with Crippen LogP contribution in [0.1, 0.15) is 6.92 Å². The number of β-amino-alcohol motifs (C(OH)–C–C–N with tert-alkyl or cyclic N) is 1. The van der Waals surface area contributed by atoms with Gasteiger partial charge in [0, 0.05) is 19.6 Å². The summed E-state index contributed by atoms with van der Waals surface area (Å²) in [5.74, 6) is 0.312. The van der Waals surface area contributed by atoms with Crippen molar-refractivity contribution in [3.63, 3.8) is 0 Å². The molecular formula is C7H14FNO. The lowest BCUT2D eigenvalue weighted by Gasteiger charge is -2.10. The van der Waals surface area contributed by atoms with Crippen LogP contribution in [-0.2, 0) is 0 Å². The number of hydrogen-bond acceptors (Lipinski definition) is 2. The van der Waals surface area contributed by atoms with Crippen LogP contribution in [0.3, 0.4) is 0 Å². The molecule has 0 aromatic heterocycles. The fraction of sp³-hybridized carbons (Fsp3) is 1.00. The molecule has 1 aliphatic heterocycles. The molecule has 1 fully saturated rings. The molecule has 1 aliphatic rings. The molecule has 10 heavy (non-hydrogen) atoms. The topological polar surface area (TPSA) is 23.5 Å². The summed E-state index contributed by atoms with van der Waals surface area (Å²) >= 11 is 0. The minimum atomic E-state index is -0.306. The zero-order valence-electron chi connectivity index (χ0n) is 6.26. The Kier molecular flexibility index (Phi) is 2.63. The number of hydrogen-bond donors (Lipinski definition) is 1. The first-order chi connectivity index (χ1) is 4.74. The zero-order valence-corrected chi connectivity index (χ0v) is 6.26. The fourth-order valence-corrected chi connectivity index (χ4v) is 1.35. The van der Waals surface area contributed by atoms with Crippen LogP contribution in [0.2, 0.25) is 0 Å². The van der Waals surface area contributed by atoms with Crippen LogP contribution in [0.15, 0.2) is 0 Å². The molecule has 0 aromatic rings. The van der Waals surface area contributed by atoms with Gasteiger partial charge in [0.15, 0.2) is 0 Å². The minimum absolute atomic E-state index is 0.244. The number of alkyl halides is 1. The first-order valence-electron chi connectivity index (χ1n) is 3.70. The Bertz CT molecular complexity index is 99.8. The summed E-state index contributed by atoms with van der Waals surface area (Å²) in [6.45, 7) is 3.64. The molecule has 1 rings (SSSR count). The van der Waals surface area contributed by atoms with Crippen molar-refractivity contribution in [3.8, 4) is 0 Å². The van der Waals surface area contributed by atoms with Crippen LogP contribution in [0.4, 0.5) is 4.39 Å². The molecule has 0 radical (unpaired) electrons. The van der Waals surface area contributed by atoms with Crippen molar-refractivity contribution in [3.05, 3.63) is 0 Å². The quantitative estimate of drug-likeness (QED) is 0.606. The van der Waals surface area contributed by atoms with E-state index in [4.69, 9.17) is 0 Å². The molecule has 60 valence electrons. The van der Waals surface area contributed by atoms with Crippen LogP contribution in [0.5, 0.6) is 0 Å². The third kappa shape index (κ3) is 1.67. The Morgan fingerprint density at radius 3 is 2.70 bits per heavy atom. The average Bonchev–Trinajstić information content (AvgIpc) is 2.14. The third-order valence-corrected chi connectivity index (χ3v) is 2.05. The van der Waals surface area contributed by atoms with Crippen molar-refractivity contribution >= 4 is 0 Å². The van der Waals surface area contributed by atoms with Crippen molar-refractivity contribution in [2.24, 2.45) is 5.92 Å². The normalized spacial score (nSPS) is 35.1. The van der Waals surface area contributed by atoms with Crippen molar-refractivity contribution in [2.75, 3.05) is 26.3 Å². The third-order valence-electron chi connectivity index (χ3n) is 2.05. The van der Waals surface area contributed by atoms with E-state index in [0.29, 0.717) is 19.0 Å². The standard InChI is InChI=1S/C7H14FNO/c1-6-4-9(3-2-8)5-7(6)10/h6-7,10H,2-5H2,1H3. The van der Waals surface area contributed by atoms with Crippen LogP contribution in [0.25, 0.3) is 0 Å². The van der Waals surface area contributed by atoms with Crippen LogP contribution < -0.4 is 0 Å². The summed E-state index contributed by atoms with van der Waals surface area (Å²) in [5, 5.41) is 9.23. The molecule has 0 amide bonds. The average molecular weight is 147 g/mol. The summed E-state index contributed by atoms with van der Waals surface area (Å²) in [5.41, 5.74) is 0. The van der Waals surface area contributed by atoms with Gasteiger partial charge in [-0.15, -0.1) is 0 Å². The second-order valence-corrected chi connectivity index (χ2v) is 2.99. The van der Waals surface area contributed by atoms with E-state index in [1.54, 1.807) is 0 Å². The molecule has 0 aromatic carbocycles. The predicted molar refractivity (Wildman–Crippen MR) is 37.6 cm³/mol. The van der Waals surface area contributed by atoms with Crippen molar-refractivity contribution in [1.29, 1.82) is 0 Å². The summed E-state index contributed by atoms with van der Waals surface area (Å²) in [4.78, 5) is 1.95. The highest BCUT2D eigenvalue weighted by Crippen LogP contribution is 2.14. The largest absolute Gasteiger partial charge is 0.391 e. The smallest absolute Gasteiger partial charge is 0.102 e. The molecule has 0 bridgehead atoms. The van der Waals surface area contributed by atoms with Gasteiger partial charge in [0.1, 0.15) is 6.67 Å². The second kappa shape index (κ2) is 3.30. The highest BCUT2D eigenvalue weighted by atomic mass is 19.1. The first kappa shape index (κ1) is 7.95. The summed E-state index contributed by atoms with van der Waals surface area (Å²) in [6.07, 6.45) is -0.244. The second-order valence-electron chi connectivity index (χ2n) is 2.99. The van der Waals surface area contributed by atoms with Gasteiger partial charge >= 0.3 is 0 Å². The molecular weight excluding hydrogens is 133 g/mol. The maximum atomic E-state index is 11.8. The summed E-state index contributed by atoms with van der Waals surface area (Å²) in [7, 11) is 0. The molecule has 3 heteroatoms. The minimum Gasteiger partial charge on any atom is -0.391 e. The lowest BCUT2D eigenvalue weighted by molar-refractivity contribution is 0.147. The van der Waals surface area contributed by atoms with Crippen molar-refractivity contribution in [2.45, 2.75) is 13.0 Å². The number of rotatable bonds is 2. The van der Waals surface area contributed by atoms with E-state index in [0.717, 1.165) is 6.54 Å². The highest BCUT2D eigenvalue weighted by molar-refractivity contribution is 4.80. The van der Waals surface area contributed by atoms with E-state index in [9.17, 15) is 9.50 Å². The molecule has 1 saturated heterocycles. The fourth-order valence-electron chi connectivity index (χ4n) is 1.35. The van der Waals surface area contributed by atoms with Gasteiger partial charge < -0.3 is 5.11 Å². The highest BCUT2D eigenvalue weighted by Gasteiger charge is 2.26. The van der Waals surface area contributed by atoms with Gasteiger partial charge in [-0.3, -0.25) is 4.90 Å². The van der Waals surface area contributed by atoms with Crippen molar-refractivity contribution < 1.29 is 9.50 Å². The Morgan fingerprint density at radius 2 is 2.30 bits per heavy atom. The van der Waals surface area contributed by atoms with E-state index in [1.165, 1.54) is 0 Å². The van der Waals surface area contributed by atoms with Gasteiger partial charge in [-0.2, -0.15) is 0 Å². The predicted octanol–water partition coefficient (Wildman–Crippen LogP) is 0.268. The maximum Gasteiger partial charge on any atom is 0.102 e. The summed E-state index contributed by atoms with van der Waals surface area (Å²) < 4.78 is 11.8. The van der Waals surface area contributed by atoms with E-state index in [-0.39, 0.29) is 12.8 Å². The lowest BCUT2D eigenvalue weighted by Crippen LogP contribution is -2.24. The molecule has 2 atom stereocenters. The molecule has 1 N–H and O–H groups in total. The SMILES string of the molecule is CC1CN(CCF)CC1O. The van der Waals surface area contributed by atoms with Gasteiger partial charge in [0.2, 0.25) is 0 Å². The van der Waals surface area contributed by atoms with Gasteiger partial charge in [-0.25, -0.2) is 4.39 Å². The van der Waals surface area contributed by atoms with Gasteiger partial charge in [-0.1, -0.05) is 6.92 Å². The van der Waals surface area contributed by atoms with E-state index in [1.807, 2.05) is 11.8 Å². The van der Waals surface area contributed by atoms with E-state index >= 15 is 0 Å². The number of halogens is 1. The Labute approximate surface area is 60.6 Å². The maximum absolute atomic E-state index is 11.8. The molecule has 2 nitrogen and oxygen atoms in total. The van der Waals surface area contributed by atoms with Crippen LogP contribution in [-0.4, -0.2) is 42.4 Å². The van der Waals surface area contributed by atoms with Gasteiger partial charge in [0.05, 0.1) is 6.10 Å². The summed E-state index contributed by atoms with van der Waals surface area (Å²) in [6, 6.07) is 0. The molecule has 0 spiro atoms. The van der Waals surface area contributed by atoms with Crippen LogP contribution in [0, 0.1) is 5.92 Å². The lowest BCUT2D eigenvalue weighted by atomic mass is 10.1. The van der Waals surface area contributed by atoms with Crippen LogP contribution >= 0.6 is 0 Å². The number of likely N-dealkylation sites (tertiary alicyclic amines) is 1. The molecule has 0 aliphatic carbocycles. The van der Waals surface area contributed by atoms with Crippen molar-refractivity contribution in [1.82, 2.24) is 4.90 Å². The van der Waals surface area contributed by atoms with E-state index < -0.39 is 0 Å². The molecule has 2 unspecified atom stereocenters. The first-order valence-corrected chi connectivity index (χ1v) is 3.70. The Hall–Kier alpha value is -0.150. The monoisotopic (exact) mass is 147 g/mol. The molecule has 0 saturated carbocycles. The zero-order chi connectivity index (χ0) is 7.56. The molecule has 1 heterocycles. The Morgan fingerprint density at radius 1 is 1.60 bits per heavy atom. The van der Waals surface area contributed by atoms with Gasteiger partial charge in [0.25, 0.3) is 0 Å². The number of aliphatic hydroxyl groups excluding tert-OH is 1.